The van der Waals surface area contributed by atoms with E-state index >= 15 is 0 Å². The molecule has 7 heteroatoms. The highest BCUT2D eigenvalue weighted by Gasteiger charge is 2.17. The molecular weight excluding hydrogens is 320 g/mol. The van der Waals surface area contributed by atoms with Gasteiger partial charge in [-0.2, -0.15) is 0 Å². The minimum Gasteiger partial charge on any atom is -0.347 e. The number of rotatable bonds is 7. The van der Waals surface area contributed by atoms with Crippen molar-refractivity contribution in [2.45, 2.75) is 13.8 Å². The summed E-state index contributed by atoms with van der Waals surface area (Å²) in [5, 5.41) is 2.89. The summed E-state index contributed by atoms with van der Waals surface area (Å²) in [6, 6.07) is 5.81. The Morgan fingerprint density at radius 3 is 1.96 bits per heavy atom. The predicted octanol–water partition coefficient (Wildman–Crippen LogP) is 0.720. The molecule has 1 aromatic carbocycles. The summed E-state index contributed by atoms with van der Waals surface area (Å²) in [6.07, 6.45) is 0. The Bertz CT molecular complexity index is 623. The van der Waals surface area contributed by atoms with E-state index in [-0.39, 0.29) is 37.4 Å². The standard InChI is InChI=1S/C18H28N4O3/c1-13-8-7-9-14(2)18(13)19-15(23)10-21(5)11-17(25)22(6)12-16(24)20(3)4/h7-9H,10-12H2,1-6H3,(H,19,23). The molecule has 138 valence electrons. The molecule has 0 aliphatic rings. The average molecular weight is 348 g/mol. The number of aryl methyl sites for hydroxylation is 2. The lowest BCUT2D eigenvalue weighted by molar-refractivity contribution is -0.138. The van der Waals surface area contributed by atoms with Crippen LogP contribution in [0.3, 0.4) is 0 Å². The van der Waals surface area contributed by atoms with Gasteiger partial charge in [0.15, 0.2) is 0 Å². The van der Waals surface area contributed by atoms with Crippen LogP contribution in [0, 0.1) is 13.8 Å². The third-order valence-corrected chi connectivity index (χ3v) is 3.86. The fourth-order valence-corrected chi connectivity index (χ4v) is 2.28. The highest BCUT2D eigenvalue weighted by molar-refractivity contribution is 5.94. The number of anilines is 1. The summed E-state index contributed by atoms with van der Waals surface area (Å²) in [6.45, 7) is 4.06. The SMILES string of the molecule is Cc1cccc(C)c1NC(=O)CN(C)CC(=O)N(C)CC(=O)N(C)C. The summed E-state index contributed by atoms with van der Waals surface area (Å²) in [5.41, 5.74) is 2.80. The first-order chi connectivity index (χ1) is 11.6. The largest absolute Gasteiger partial charge is 0.347 e. The van der Waals surface area contributed by atoms with Crippen LogP contribution >= 0.6 is 0 Å². The molecule has 0 fully saturated rings. The maximum atomic E-state index is 12.2. The van der Waals surface area contributed by atoms with Crippen molar-refractivity contribution in [3.8, 4) is 0 Å². The second-order valence-electron chi connectivity index (χ2n) is 6.53. The zero-order chi connectivity index (χ0) is 19.1. The van der Waals surface area contributed by atoms with Crippen molar-refractivity contribution in [1.82, 2.24) is 14.7 Å². The minimum atomic E-state index is -0.211. The fraction of sp³-hybridized carbons (Fsp3) is 0.500. The molecule has 1 aromatic rings. The monoisotopic (exact) mass is 348 g/mol. The van der Waals surface area contributed by atoms with E-state index in [2.05, 4.69) is 5.32 Å². The van der Waals surface area contributed by atoms with Crippen molar-refractivity contribution in [1.29, 1.82) is 0 Å². The Balaban J connectivity index is 2.53. The highest BCUT2D eigenvalue weighted by atomic mass is 16.2. The van der Waals surface area contributed by atoms with Gasteiger partial charge in [-0.1, -0.05) is 18.2 Å². The Hall–Kier alpha value is -2.41. The number of carbonyl (C=O) groups is 3. The van der Waals surface area contributed by atoms with E-state index in [1.54, 1.807) is 33.1 Å². The smallest absolute Gasteiger partial charge is 0.241 e. The van der Waals surface area contributed by atoms with Crippen LogP contribution in [0.25, 0.3) is 0 Å². The highest BCUT2D eigenvalue weighted by Crippen LogP contribution is 2.19. The molecule has 0 aliphatic heterocycles. The van der Waals surface area contributed by atoms with Crippen LogP contribution in [0.1, 0.15) is 11.1 Å². The molecule has 0 atom stereocenters. The van der Waals surface area contributed by atoms with Gasteiger partial charge < -0.3 is 15.1 Å². The Labute approximate surface area is 149 Å². The molecule has 0 spiro atoms. The van der Waals surface area contributed by atoms with Gasteiger partial charge in [0.1, 0.15) is 0 Å². The molecule has 25 heavy (non-hydrogen) atoms. The number of amides is 3. The van der Waals surface area contributed by atoms with E-state index in [1.165, 1.54) is 9.80 Å². The molecule has 0 aromatic heterocycles. The van der Waals surface area contributed by atoms with E-state index in [4.69, 9.17) is 0 Å². The van der Waals surface area contributed by atoms with Gasteiger partial charge in [-0.15, -0.1) is 0 Å². The van der Waals surface area contributed by atoms with Crippen molar-refractivity contribution in [2.75, 3.05) is 53.1 Å². The molecule has 1 N–H and O–H groups in total. The minimum absolute atomic E-state index is 0.0221. The fourth-order valence-electron chi connectivity index (χ4n) is 2.28. The first kappa shape index (κ1) is 20.6. The summed E-state index contributed by atoms with van der Waals surface area (Å²) in [5.74, 6) is -0.538. The Kier molecular flexibility index (Phi) is 7.57. The van der Waals surface area contributed by atoms with E-state index in [9.17, 15) is 14.4 Å². The van der Waals surface area contributed by atoms with E-state index < -0.39 is 0 Å². The summed E-state index contributed by atoms with van der Waals surface area (Å²) < 4.78 is 0. The van der Waals surface area contributed by atoms with Gasteiger partial charge in [0.25, 0.3) is 0 Å². The molecule has 0 saturated carbocycles. The van der Waals surface area contributed by atoms with Gasteiger partial charge in [0.05, 0.1) is 19.6 Å². The number of para-hydroxylation sites is 1. The average Bonchev–Trinajstić information content (AvgIpc) is 2.50. The maximum absolute atomic E-state index is 12.2. The third-order valence-electron chi connectivity index (χ3n) is 3.86. The number of likely N-dealkylation sites (N-methyl/N-ethyl adjacent to an activating group) is 3. The van der Waals surface area contributed by atoms with Gasteiger partial charge in [0, 0.05) is 26.8 Å². The van der Waals surface area contributed by atoms with Crippen molar-refractivity contribution in [2.24, 2.45) is 0 Å². The van der Waals surface area contributed by atoms with Crippen molar-refractivity contribution >= 4 is 23.4 Å². The molecule has 1 rings (SSSR count). The lowest BCUT2D eigenvalue weighted by Crippen LogP contribution is -2.43. The quantitative estimate of drug-likeness (QED) is 0.788. The molecule has 0 aliphatic carbocycles. The first-order valence-electron chi connectivity index (χ1n) is 8.10. The van der Waals surface area contributed by atoms with Crippen LogP contribution in [-0.4, -0.2) is 80.2 Å². The lowest BCUT2D eigenvalue weighted by Gasteiger charge is -2.22. The zero-order valence-corrected chi connectivity index (χ0v) is 15.9. The predicted molar refractivity (Wildman–Crippen MR) is 98.4 cm³/mol. The van der Waals surface area contributed by atoms with Crippen LogP contribution < -0.4 is 5.32 Å². The van der Waals surface area contributed by atoms with Gasteiger partial charge in [-0.05, 0) is 32.0 Å². The van der Waals surface area contributed by atoms with Crippen LogP contribution in [-0.2, 0) is 14.4 Å². The maximum Gasteiger partial charge on any atom is 0.241 e. The van der Waals surface area contributed by atoms with Crippen molar-refractivity contribution < 1.29 is 14.4 Å². The van der Waals surface area contributed by atoms with Crippen molar-refractivity contribution in [3.05, 3.63) is 29.3 Å². The van der Waals surface area contributed by atoms with E-state index in [0.717, 1.165) is 16.8 Å². The van der Waals surface area contributed by atoms with Crippen molar-refractivity contribution in [3.63, 3.8) is 0 Å². The lowest BCUT2D eigenvalue weighted by atomic mass is 10.1. The number of nitrogens with one attached hydrogen (secondary N) is 1. The normalized spacial score (nSPS) is 10.5. The molecule has 0 saturated heterocycles. The number of carbonyl (C=O) groups excluding carboxylic acids is 3. The summed E-state index contributed by atoms with van der Waals surface area (Å²) >= 11 is 0. The van der Waals surface area contributed by atoms with Crippen LogP contribution in [0.2, 0.25) is 0 Å². The van der Waals surface area contributed by atoms with Crippen LogP contribution in [0.5, 0.6) is 0 Å². The molecule has 0 bridgehead atoms. The number of hydrogen-bond acceptors (Lipinski definition) is 4. The Morgan fingerprint density at radius 2 is 1.44 bits per heavy atom. The zero-order valence-electron chi connectivity index (χ0n) is 15.9. The second-order valence-corrected chi connectivity index (χ2v) is 6.53. The molecule has 3 amide bonds. The summed E-state index contributed by atoms with van der Waals surface area (Å²) in [7, 11) is 6.56. The van der Waals surface area contributed by atoms with Gasteiger partial charge in [-0.3, -0.25) is 19.3 Å². The number of nitrogens with zero attached hydrogens (tertiary/aromatic N) is 3. The molecule has 7 nitrogen and oxygen atoms in total. The molecular formula is C18H28N4O3. The molecule has 0 radical (unpaired) electrons. The number of hydrogen-bond donors (Lipinski definition) is 1. The van der Waals surface area contributed by atoms with E-state index in [0.29, 0.717) is 0 Å². The van der Waals surface area contributed by atoms with Crippen LogP contribution in [0.4, 0.5) is 5.69 Å². The van der Waals surface area contributed by atoms with Crippen LogP contribution in [0.15, 0.2) is 18.2 Å². The number of benzene rings is 1. The first-order valence-corrected chi connectivity index (χ1v) is 8.10. The van der Waals surface area contributed by atoms with Gasteiger partial charge >= 0.3 is 0 Å². The Morgan fingerprint density at radius 1 is 0.880 bits per heavy atom. The third kappa shape index (κ3) is 6.54. The van der Waals surface area contributed by atoms with E-state index in [1.807, 2.05) is 32.0 Å². The van der Waals surface area contributed by atoms with Gasteiger partial charge in [-0.25, -0.2) is 0 Å². The topological polar surface area (TPSA) is 73.0 Å². The molecule has 0 heterocycles. The molecule has 0 unspecified atom stereocenters. The second kappa shape index (κ2) is 9.17. The summed E-state index contributed by atoms with van der Waals surface area (Å²) in [4.78, 5) is 40.4. The van der Waals surface area contributed by atoms with Gasteiger partial charge in [0.2, 0.25) is 17.7 Å².